The van der Waals surface area contributed by atoms with E-state index in [-0.39, 0.29) is 12.1 Å². The molecule has 0 aliphatic rings. The van der Waals surface area contributed by atoms with Crippen molar-refractivity contribution in [1.29, 1.82) is 0 Å². The van der Waals surface area contributed by atoms with Crippen LogP contribution in [-0.4, -0.2) is 60.0 Å². The molecule has 1 aromatic heterocycles. The Morgan fingerprint density at radius 2 is 1.52 bits per heavy atom. The van der Waals surface area contributed by atoms with Gasteiger partial charge in [0.2, 0.25) is 0 Å². The summed E-state index contributed by atoms with van der Waals surface area (Å²) < 4.78 is 10.0. The number of carbonyl (C=O) groups excluding carboxylic acids is 3. The number of carbonyl (C=O) groups is 3. The number of hydroxylamine groups is 2. The maximum absolute atomic E-state index is 13.3. The van der Waals surface area contributed by atoms with Crippen molar-refractivity contribution in [2.24, 2.45) is 5.92 Å². The predicted octanol–water partition coefficient (Wildman–Crippen LogP) is 4.54. The van der Waals surface area contributed by atoms with Crippen LogP contribution in [0.25, 0.3) is 0 Å². The van der Waals surface area contributed by atoms with Gasteiger partial charge in [-0.1, -0.05) is 54.4 Å². The van der Waals surface area contributed by atoms with Crippen molar-refractivity contribution >= 4 is 41.0 Å². The van der Waals surface area contributed by atoms with Gasteiger partial charge in [-0.05, 0) is 61.7 Å². The molecule has 0 radical (unpaired) electrons. The highest BCUT2D eigenvalue weighted by atomic mass is 35.5. The number of amides is 1. The first-order valence-corrected chi connectivity index (χ1v) is 13.8. The van der Waals surface area contributed by atoms with Gasteiger partial charge >= 0.3 is 11.9 Å². The summed E-state index contributed by atoms with van der Waals surface area (Å²) in [5, 5.41) is 14.0. The van der Waals surface area contributed by atoms with Crippen LogP contribution in [0.3, 0.4) is 0 Å². The zero-order chi connectivity index (χ0) is 31.0. The number of rotatable bonds is 12. The summed E-state index contributed by atoms with van der Waals surface area (Å²) in [5.74, 6) is -2.44. The van der Waals surface area contributed by atoms with Gasteiger partial charge in [0.05, 0.1) is 13.0 Å². The van der Waals surface area contributed by atoms with Crippen LogP contribution in [-0.2, 0) is 31.1 Å². The van der Waals surface area contributed by atoms with Crippen LogP contribution in [0.2, 0.25) is 10.0 Å². The van der Waals surface area contributed by atoms with Gasteiger partial charge in [0.1, 0.15) is 23.0 Å². The Morgan fingerprint density at radius 1 is 0.976 bits per heavy atom. The molecule has 0 saturated carbocycles. The number of nitrogens with one attached hydrogen (secondary N) is 1. The number of hydrogen-bond donors (Lipinski definition) is 2. The number of nitrogens with zero attached hydrogens (tertiary/aromatic N) is 2. The zero-order valence-electron chi connectivity index (χ0n) is 23.9. The number of ether oxygens (including phenoxy) is 2. The van der Waals surface area contributed by atoms with Crippen LogP contribution in [0, 0.1) is 5.92 Å². The fourth-order valence-corrected chi connectivity index (χ4v) is 4.61. The molecule has 0 aliphatic heterocycles. The number of methoxy groups -OCH3 is 1. The highest BCUT2D eigenvalue weighted by molar-refractivity contribution is 6.30. The van der Waals surface area contributed by atoms with Crippen LogP contribution < -0.4 is 10.1 Å². The van der Waals surface area contributed by atoms with E-state index in [4.69, 9.17) is 37.9 Å². The van der Waals surface area contributed by atoms with Crippen molar-refractivity contribution in [2.75, 3.05) is 21.0 Å². The first-order chi connectivity index (χ1) is 19.9. The molecule has 0 spiro atoms. The second-order valence-electron chi connectivity index (χ2n) is 9.73. The highest BCUT2D eigenvalue weighted by Gasteiger charge is 2.37. The number of aromatic nitrogens is 1. The van der Waals surface area contributed by atoms with Crippen molar-refractivity contribution in [3.8, 4) is 5.75 Å². The molecule has 0 saturated heterocycles. The Kier molecular flexibility index (Phi) is 11.3. The maximum atomic E-state index is 13.3. The van der Waals surface area contributed by atoms with Crippen molar-refractivity contribution in [3.05, 3.63) is 93.2 Å². The van der Waals surface area contributed by atoms with Crippen molar-refractivity contribution in [2.45, 2.75) is 38.8 Å². The summed E-state index contributed by atoms with van der Waals surface area (Å²) in [6.45, 7) is 4.19. The third kappa shape index (κ3) is 7.57. The lowest BCUT2D eigenvalue weighted by Gasteiger charge is -2.38. The van der Waals surface area contributed by atoms with Gasteiger partial charge in [0.15, 0.2) is 6.79 Å². The minimum Gasteiger partial charge on any atom is -0.496 e. The number of halogens is 2. The molecule has 0 bridgehead atoms. The lowest BCUT2D eigenvalue weighted by molar-refractivity contribution is -0.207. The summed E-state index contributed by atoms with van der Waals surface area (Å²) in [4.78, 5) is 48.6. The number of pyridine rings is 1. The largest absolute Gasteiger partial charge is 0.496 e. The lowest BCUT2D eigenvalue weighted by atomic mass is 9.84. The van der Waals surface area contributed by atoms with Crippen molar-refractivity contribution < 1.29 is 33.8 Å². The lowest BCUT2D eigenvalue weighted by Crippen LogP contribution is -2.48. The first kappa shape index (κ1) is 32.8. The first-order valence-electron chi connectivity index (χ1n) is 13.0. The number of aliphatic hydroxyl groups is 1. The quantitative estimate of drug-likeness (QED) is 0.171. The molecule has 12 heteroatoms. The third-order valence-electron chi connectivity index (χ3n) is 6.94. The molecule has 0 fully saturated rings. The van der Waals surface area contributed by atoms with Crippen molar-refractivity contribution in [1.82, 2.24) is 15.4 Å². The molecule has 224 valence electrons. The van der Waals surface area contributed by atoms with Crippen LogP contribution in [0.15, 0.2) is 60.8 Å². The standard InChI is InChI=1S/C30H33Cl2N3O7/c1-18(28(38)41-17-36)16-24-25(40-5)14-15-33-26(24)27(37)34-19(2)29(39)42-35(4)30(3,20-6-10-22(31)11-7-20)21-8-12-23(32)13-9-21/h6-15,18-19,36H,16-17H2,1-5H3,(H,34,37)/t18?,19-/m0/s1. The molecule has 2 atom stereocenters. The highest BCUT2D eigenvalue weighted by Crippen LogP contribution is 2.36. The Balaban J connectivity index is 1.82. The Hall–Kier alpha value is -3.70. The molecule has 0 aliphatic carbocycles. The van der Waals surface area contributed by atoms with E-state index < -0.39 is 42.1 Å². The van der Waals surface area contributed by atoms with Gasteiger partial charge < -0.3 is 24.7 Å². The van der Waals surface area contributed by atoms with Gasteiger partial charge in [-0.25, -0.2) is 4.79 Å². The summed E-state index contributed by atoms with van der Waals surface area (Å²) in [6.07, 6.45) is 1.43. The molecule has 42 heavy (non-hydrogen) atoms. The smallest absolute Gasteiger partial charge is 0.347 e. The normalized spacial score (nSPS) is 12.8. The number of hydrogen-bond acceptors (Lipinski definition) is 9. The van der Waals surface area contributed by atoms with E-state index in [9.17, 15) is 14.4 Å². The van der Waals surface area contributed by atoms with Crippen LogP contribution in [0.5, 0.6) is 5.75 Å². The average Bonchev–Trinajstić information content (AvgIpc) is 2.97. The molecule has 2 aromatic carbocycles. The fraction of sp³-hybridized carbons (Fsp3) is 0.333. The van der Waals surface area contributed by atoms with Crippen molar-refractivity contribution in [3.63, 3.8) is 0 Å². The van der Waals surface area contributed by atoms with E-state index in [1.807, 2.05) is 31.2 Å². The second-order valence-corrected chi connectivity index (χ2v) is 10.6. The molecule has 1 heterocycles. The van der Waals surface area contributed by atoms with E-state index in [1.165, 1.54) is 25.3 Å². The van der Waals surface area contributed by atoms with Crippen LogP contribution >= 0.6 is 23.2 Å². The van der Waals surface area contributed by atoms with E-state index >= 15 is 0 Å². The average molecular weight is 619 g/mol. The molecule has 2 N–H and O–H groups in total. The molecule has 1 unspecified atom stereocenters. The summed E-state index contributed by atoms with van der Waals surface area (Å²) in [7, 11) is 3.04. The minimum absolute atomic E-state index is 0.0295. The van der Waals surface area contributed by atoms with Gasteiger partial charge in [-0.2, -0.15) is 0 Å². The van der Waals surface area contributed by atoms with Gasteiger partial charge in [0, 0.05) is 28.9 Å². The van der Waals surface area contributed by atoms with Crippen LogP contribution in [0.4, 0.5) is 0 Å². The minimum atomic E-state index is -1.09. The Labute approximate surface area is 254 Å². The van der Waals surface area contributed by atoms with Crippen LogP contribution in [0.1, 0.15) is 48.0 Å². The molecular formula is C30H33Cl2N3O7. The zero-order valence-corrected chi connectivity index (χ0v) is 25.4. The SMILES string of the molecule is COc1ccnc(C(=O)N[C@@H](C)C(=O)ON(C)C(C)(c2ccc(Cl)cc2)c2ccc(Cl)cc2)c1CC(C)C(=O)OCO. The van der Waals surface area contributed by atoms with Gasteiger partial charge in [-0.3, -0.25) is 14.6 Å². The summed E-state index contributed by atoms with van der Waals surface area (Å²) in [6, 6.07) is 14.8. The van der Waals surface area contributed by atoms with E-state index in [1.54, 1.807) is 44.3 Å². The molecule has 3 aromatic rings. The summed E-state index contributed by atoms with van der Waals surface area (Å²) in [5.41, 5.74) is 0.949. The number of aliphatic hydroxyl groups excluding tert-OH is 1. The number of esters is 1. The number of benzene rings is 2. The third-order valence-corrected chi connectivity index (χ3v) is 7.44. The monoisotopic (exact) mass is 617 g/mol. The Morgan fingerprint density at radius 3 is 2.02 bits per heavy atom. The molecule has 1 amide bonds. The Bertz CT molecular complexity index is 1360. The maximum Gasteiger partial charge on any atom is 0.347 e. The molecule has 10 nitrogen and oxygen atoms in total. The van der Waals surface area contributed by atoms with E-state index in [2.05, 4.69) is 15.0 Å². The second kappa shape index (κ2) is 14.5. The molecular weight excluding hydrogens is 585 g/mol. The predicted molar refractivity (Wildman–Crippen MR) is 157 cm³/mol. The summed E-state index contributed by atoms with van der Waals surface area (Å²) >= 11 is 12.2. The molecule has 3 rings (SSSR count). The van der Waals surface area contributed by atoms with E-state index in [0.717, 1.165) is 11.1 Å². The topological polar surface area (TPSA) is 127 Å². The van der Waals surface area contributed by atoms with Gasteiger partial charge in [-0.15, -0.1) is 5.06 Å². The van der Waals surface area contributed by atoms with E-state index in [0.29, 0.717) is 21.4 Å². The van der Waals surface area contributed by atoms with Gasteiger partial charge in [0.25, 0.3) is 5.91 Å². The fourth-order valence-electron chi connectivity index (χ4n) is 4.36.